The molecule has 1 aromatic heterocycles. The van der Waals surface area contributed by atoms with Crippen LogP contribution in [0.5, 0.6) is 0 Å². The van der Waals surface area contributed by atoms with Gasteiger partial charge in [0.15, 0.2) is 6.29 Å². The van der Waals surface area contributed by atoms with Crippen molar-refractivity contribution in [3.63, 3.8) is 0 Å². The second kappa shape index (κ2) is 8.01. The quantitative estimate of drug-likeness (QED) is 0.748. The lowest BCUT2D eigenvalue weighted by atomic mass is 9.95. The van der Waals surface area contributed by atoms with Gasteiger partial charge in [-0.15, -0.1) is 0 Å². The number of anilines is 1. The summed E-state index contributed by atoms with van der Waals surface area (Å²) in [5.74, 6) is -0.585. The molecule has 2 saturated heterocycles. The zero-order chi connectivity index (χ0) is 19.7. The first-order valence-electron chi connectivity index (χ1n) is 9.82. The van der Waals surface area contributed by atoms with Gasteiger partial charge in [0.1, 0.15) is 11.4 Å². The monoisotopic (exact) mass is 388 g/mol. The summed E-state index contributed by atoms with van der Waals surface area (Å²) >= 11 is 0. The van der Waals surface area contributed by atoms with Crippen LogP contribution in [0.3, 0.4) is 0 Å². The van der Waals surface area contributed by atoms with E-state index < -0.39 is 5.97 Å². The zero-order valence-corrected chi connectivity index (χ0v) is 16.2. The van der Waals surface area contributed by atoms with E-state index in [2.05, 4.69) is 9.88 Å². The number of halogens is 1. The Morgan fingerprint density at radius 3 is 2.89 bits per heavy atom. The number of piperidine rings is 1. The van der Waals surface area contributed by atoms with E-state index in [-0.39, 0.29) is 24.6 Å². The maximum absolute atomic E-state index is 14.2. The predicted octanol–water partition coefficient (Wildman–Crippen LogP) is 3.45. The molecule has 0 saturated carbocycles. The first-order valence-corrected chi connectivity index (χ1v) is 9.82. The molecule has 0 amide bonds. The summed E-state index contributed by atoms with van der Waals surface area (Å²) in [5.41, 5.74) is 2.49. The molecule has 0 radical (unpaired) electrons. The van der Waals surface area contributed by atoms with Gasteiger partial charge in [-0.25, -0.2) is 9.18 Å². The predicted molar refractivity (Wildman–Crippen MR) is 103 cm³/mol. The van der Waals surface area contributed by atoms with Gasteiger partial charge < -0.3 is 19.1 Å². The Kier molecular flexibility index (Phi) is 5.46. The van der Waals surface area contributed by atoms with Gasteiger partial charge in [-0.1, -0.05) is 0 Å². The van der Waals surface area contributed by atoms with Crippen molar-refractivity contribution in [1.82, 2.24) is 4.98 Å². The van der Waals surface area contributed by atoms with Crippen LogP contribution in [0.4, 0.5) is 10.1 Å². The summed E-state index contributed by atoms with van der Waals surface area (Å²) in [6.07, 6.45) is 3.26. The Hall–Kier alpha value is -2.25. The zero-order valence-electron chi connectivity index (χ0n) is 16.2. The number of hydrogen-bond acceptors (Lipinski definition) is 6. The lowest BCUT2D eigenvalue weighted by Crippen LogP contribution is -2.41. The molecular weight excluding hydrogens is 363 g/mol. The number of carbonyl (C=O) groups is 1. The lowest BCUT2D eigenvalue weighted by molar-refractivity contribution is -0.0858. The van der Waals surface area contributed by atoms with Crippen molar-refractivity contribution in [1.29, 1.82) is 0 Å². The van der Waals surface area contributed by atoms with Crippen LogP contribution in [-0.2, 0) is 14.2 Å². The number of ether oxygens (including phenoxy) is 3. The van der Waals surface area contributed by atoms with Crippen molar-refractivity contribution >= 4 is 22.6 Å². The fourth-order valence-electron chi connectivity index (χ4n) is 4.21. The smallest absolute Gasteiger partial charge is 0.341 e. The van der Waals surface area contributed by atoms with Gasteiger partial charge in [-0.3, -0.25) is 4.98 Å². The second-order valence-corrected chi connectivity index (χ2v) is 7.32. The Balaban J connectivity index is 1.80. The van der Waals surface area contributed by atoms with Gasteiger partial charge in [-0.05, 0) is 44.4 Å². The molecule has 0 unspecified atom stereocenters. The van der Waals surface area contributed by atoms with Crippen LogP contribution >= 0.6 is 0 Å². The number of fused-ring (bicyclic) bond motifs is 1. The molecule has 7 heteroatoms. The van der Waals surface area contributed by atoms with E-state index in [4.69, 9.17) is 14.2 Å². The number of benzene rings is 1. The lowest BCUT2D eigenvalue weighted by Gasteiger charge is -2.37. The Labute approximate surface area is 163 Å². The summed E-state index contributed by atoms with van der Waals surface area (Å²) in [6.45, 7) is 6.52. The van der Waals surface area contributed by atoms with Gasteiger partial charge in [0.2, 0.25) is 0 Å². The molecule has 28 heavy (non-hydrogen) atoms. The van der Waals surface area contributed by atoms with Gasteiger partial charge in [0.25, 0.3) is 0 Å². The molecule has 6 nitrogen and oxygen atoms in total. The maximum Gasteiger partial charge on any atom is 0.341 e. The highest BCUT2D eigenvalue weighted by Crippen LogP contribution is 2.36. The second-order valence-electron chi connectivity index (χ2n) is 7.32. The van der Waals surface area contributed by atoms with E-state index in [9.17, 15) is 9.18 Å². The standard InChI is InChI=1S/C21H25FN2O4/c1-3-26-20(25)17-11-23-18-13(2)9-15(22)10-16(18)19(17)24-6-4-5-14(12-24)21-27-7-8-28-21/h9-11,14,21H,3-8,12H2,1-2H3/t14-/m0/s1. The van der Waals surface area contributed by atoms with Crippen molar-refractivity contribution in [2.24, 2.45) is 5.92 Å². The Morgan fingerprint density at radius 2 is 2.14 bits per heavy atom. The number of hydrogen-bond donors (Lipinski definition) is 0. The highest BCUT2D eigenvalue weighted by molar-refractivity contribution is 6.06. The molecule has 4 rings (SSSR count). The summed E-state index contributed by atoms with van der Waals surface area (Å²) in [5, 5.41) is 0.636. The van der Waals surface area contributed by atoms with Crippen LogP contribution in [0.1, 0.15) is 35.7 Å². The highest BCUT2D eigenvalue weighted by Gasteiger charge is 2.33. The van der Waals surface area contributed by atoms with Crippen LogP contribution in [0, 0.1) is 18.7 Å². The fraction of sp³-hybridized carbons (Fsp3) is 0.524. The first-order chi connectivity index (χ1) is 13.6. The minimum atomic E-state index is -0.440. The molecule has 0 bridgehead atoms. The maximum atomic E-state index is 14.2. The molecule has 1 atom stereocenters. The molecule has 150 valence electrons. The molecular formula is C21H25FN2O4. The third kappa shape index (κ3) is 3.56. The number of nitrogens with zero attached hydrogens (tertiary/aromatic N) is 2. The number of aromatic nitrogens is 1. The molecule has 2 aliphatic heterocycles. The summed E-state index contributed by atoms with van der Waals surface area (Å²) in [4.78, 5) is 19.2. The van der Waals surface area contributed by atoms with Crippen LogP contribution in [-0.4, -0.2) is 50.2 Å². The van der Waals surface area contributed by atoms with E-state index in [1.54, 1.807) is 13.1 Å². The first kappa shape index (κ1) is 19.1. The molecule has 0 N–H and O–H groups in total. The van der Waals surface area contributed by atoms with Crippen LogP contribution < -0.4 is 4.90 Å². The van der Waals surface area contributed by atoms with Crippen molar-refractivity contribution in [3.8, 4) is 0 Å². The number of pyridine rings is 1. The summed E-state index contributed by atoms with van der Waals surface area (Å²) in [7, 11) is 0. The third-order valence-electron chi connectivity index (χ3n) is 5.40. The van der Waals surface area contributed by atoms with Crippen molar-refractivity contribution in [2.45, 2.75) is 33.0 Å². The average molecular weight is 388 g/mol. The number of aryl methyl sites for hydroxylation is 1. The molecule has 3 heterocycles. The van der Waals surface area contributed by atoms with Gasteiger partial charge in [0.05, 0.1) is 31.0 Å². The topological polar surface area (TPSA) is 60.9 Å². The molecule has 1 aromatic carbocycles. The number of rotatable bonds is 4. The van der Waals surface area contributed by atoms with Crippen molar-refractivity contribution in [2.75, 3.05) is 37.8 Å². The van der Waals surface area contributed by atoms with E-state index in [0.29, 0.717) is 41.9 Å². The third-order valence-corrected chi connectivity index (χ3v) is 5.40. The van der Waals surface area contributed by atoms with E-state index in [0.717, 1.165) is 24.9 Å². The largest absolute Gasteiger partial charge is 0.462 e. The molecule has 0 spiro atoms. The fourth-order valence-corrected chi connectivity index (χ4v) is 4.21. The van der Waals surface area contributed by atoms with E-state index in [1.165, 1.54) is 12.1 Å². The van der Waals surface area contributed by atoms with Gasteiger partial charge in [-0.2, -0.15) is 0 Å². The van der Waals surface area contributed by atoms with Gasteiger partial charge >= 0.3 is 5.97 Å². The summed E-state index contributed by atoms with van der Waals surface area (Å²) < 4.78 is 30.9. The normalized spacial score (nSPS) is 20.7. The molecule has 2 aromatic rings. The minimum Gasteiger partial charge on any atom is -0.462 e. The molecule has 0 aliphatic carbocycles. The Bertz CT molecular complexity index is 882. The average Bonchev–Trinajstić information content (AvgIpc) is 3.22. The Morgan fingerprint density at radius 1 is 1.36 bits per heavy atom. The van der Waals surface area contributed by atoms with Gasteiger partial charge in [0, 0.05) is 30.6 Å². The minimum absolute atomic E-state index is 0.198. The highest BCUT2D eigenvalue weighted by atomic mass is 19.1. The number of esters is 1. The van der Waals surface area contributed by atoms with E-state index >= 15 is 0 Å². The molecule has 2 fully saturated rings. The van der Waals surface area contributed by atoms with E-state index in [1.807, 2.05) is 6.92 Å². The van der Waals surface area contributed by atoms with Crippen molar-refractivity contribution in [3.05, 3.63) is 35.3 Å². The SMILES string of the molecule is CCOC(=O)c1cnc2c(C)cc(F)cc2c1N1CCC[C@H](C2OCCO2)C1. The number of carbonyl (C=O) groups excluding carboxylic acids is 1. The van der Waals surface area contributed by atoms with Crippen LogP contribution in [0.2, 0.25) is 0 Å². The molecule has 2 aliphatic rings. The van der Waals surface area contributed by atoms with Crippen LogP contribution in [0.15, 0.2) is 18.3 Å². The summed E-state index contributed by atoms with van der Waals surface area (Å²) in [6, 6.07) is 2.92. The van der Waals surface area contributed by atoms with Crippen molar-refractivity contribution < 1.29 is 23.4 Å². The van der Waals surface area contributed by atoms with Crippen LogP contribution in [0.25, 0.3) is 10.9 Å².